The first-order chi connectivity index (χ1) is 16.0. The summed E-state index contributed by atoms with van der Waals surface area (Å²) in [5.41, 5.74) is 1.69. The van der Waals surface area contributed by atoms with E-state index < -0.39 is 11.9 Å². The quantitative estimate of drug-likeness (QED) is 0.293. The number of rotatable bonds is 6. The molecule has 0 N–H and O–H groups in total. The molecule has 1 aliphatic heterocycles. The second-order valence-electron chi connectivity index (χ2n) is 6.87. The molecule has 4 rings (SSSR count). The molecule has 0 radical (unpaired) electrons. The molecule has 0 saturated carbocycles. The molecule has 0 bridgehead atoms. The van der Waals surface area contributed by atoms with Gasteiger partial charge in [-0.2, -0.15) is 0 Å². The van der Waals surface area contributed by atoms with Gasteiger partial charge in [0.05, 0.1) is 19.8 Å². The molecule has 0 aliphatic carbocycles. The SMILES string of the molecule is COc1ccc(C(=O)Oc2ccc(/C=C3\N=C(c4cccc(Cl)c4)OC3=O)cc2OC)cc1. The van der Waals surface area contributed by atoms with Crippen molar-refractivity contribution in [2.75, 3.05) is 14.2 Å². The zero-order chi connectivity index (χ0) is 23.4. The molecular weight excluding hydrogens is 446 g/mol. The predicted molar refractivity (Wildman–Crippen MR) is 123 cm³/mol. The second kappa shape index (κ2) is 9.58. The van der Waals surface area contributed by atoms with Gasteiger partial charge in [0.1, 0.15) is 5.75 Å². The number of halogens is 1. The summed E-state index contributed by atoms with van der Waals surface area (Å²) in [5.74, 6) is 0.226. The highest BCUT2D eigenvalue weighted by Gasteiger charge is 2.24. The monoisotopic (exact) mass is 463 g/mol. The number of esters is 2. The summed E-state index contributed by atoms with van der Waals surface area (Å²) in [6, 6.07) is 18.3. The van der Waals surface area contributed by atoms with E-state index in [1.807, 2.05) is 0 Å². The van der Waals surface area contributed by atoms with Crippen molar-refractivity contribution in [3.63, 3.8) is 0 Å². The third-order valence-corrected chi connectivity index (χ3v) is 4.95. The summed E-state index contributed by atoms with van der Waals surface area (Å²) in [7, 11) is 3.00. The molecule has 0 atom stereocenters. The Labute approximate surface area is 194 Å². The average Bonchev–Trinajstić information content (AvgIpc) is 3.20. The van der Waals surface area contributed by atoms with Crippen LogP contribution in [0.1, 0.15) is 21.5 Å². The van der Waals surface area contributed by atoms with E-state index in [1.54, 1.807) is 79.9 Å². The molecule has 33 heavy (non-hydrogen) atoms. The number of ether oxygens (including phenoxy) is 4. The highest BCUT2D eigenvalue weighted by atomic mass is 35.5. The largest absolute Gasteiger partial charge is 0.497 e. The maximum Gasteiger partial charge on any atom is 0.363 e. The Hall–Kier alpha value is -4.10. The molecule has 0 unspecified atom stereocenters. The summed E-state index contributed by atoms with van der Waals surface area (Å²) in [6.45, 7) is 0. The average molecular weight is 464 g/mol. The third-order valence-electron chi connectivity index (χ3n) is 4.71. The maximum atomic E-state index is 12.5. The van der Waals surface area contributed by atoms with Crippen molar-refractivity contribution >= 4 is 35.5 Å². The van der Waals surface area contributed by atoms with E-state index in [1.165, 1.54) is 7.11 Å². The van der Waals surface area contributed by atoms with Gasteiger partial charge in [0.25, 0.3) is 0 Å². The number of methoxy groups -OCH3 is 2. The number of nitrogens with zero attached hydrogens (tertiary/aromatic N) is 1. The summed E-state index contributed by atoms with van der Waals surface area (Å²) >= 11 is 6.00. The Morgan fingerprint density at radius 3 is 2.45 bits per heavy atom. The zero-order valence-corrected chi connectivity index (χ0v) is 18.5. The number of benzene rings is 3. The van der Waals surface area contributed by atoms with Crippen LogP contribution in [0, 0.1) is 0 Å². The van der Waals surface area contributed by atoms with Gasteiger partial charge < -0.3 is 18.9 Å². The topological polar surface area (TPSA) is 83.4 Å². The fraction of sp³-hybridized carbons (Fsp3) is 0.0800. The van der Waals surface area contributed by atoms with Crippen molar-refractivity contribution in [3.8, 4) is 17.2 Å². The lowest BCUT2D eigenvalue weighted by molar-refractivity contribution is -0.129. The third kappa shape index (κ3) is 5.05. The summed E-state index contributed by atoms with van der Waals surface area (Å²) < 4.78 is 21.2. The Bertz CT molecular complexity index is 1280. The van der Waals surface area contributed by atoms with Crippen LogP contribution < -0.4 is 14.2 Å². The molecule has 3 aromatic carbocycles. The normalized spacial score (nSPS) is 14.0. The molecule has 0 aromatic heterocycles. The van der Waals surface area contributed by atoms with Gasteiger partial charge in [-0.15, -0.1) is 0 Å². The van der Waals surface area contributed by atoms with Crippen molar-refractivity contribution in [2.45, 2.75) is 0 Å². The number of carbonyl (C=O) groups is 2. The molecule has 1 aliphatic rings. The van der Waals surface area contributed by atoms with Crippen LogP contribution in [-0.2, 0) is 9.53 Å². The van der Waals surface area contributed by atoms with Crippen molar-refractivity contribution in [1.29, 1.82) is 0 Å². The van der Waals surface area contributed by atoms with Gasteiger partial charge in [0.15, 0.2) is 17.2 Å². The van der Waals surface area contributed by atoms with Crippen molar-refractivity contribution in [1.82, 2.24) is 0 Å². The molecule has 3 aromatic rings. The van der Waals surface area contributed by atoms with Gasteiger partial charge in [-0.25, -0.2) is 14.6 Å². The van der Waals surface area contributed by atoms with Crippen LogP contribution in [0.4, 0.5) is 0 Å². The predicted octanol–water partition coefficient (Wildman–Crippen LogP) is 4.92. The lowest BCUT2D eigenvalue weighted by Crippen LogP contribution is -2.09. The molecule has 166 valence electrons. The minimum absolute atomic E-state index is 0.120. The van der Waals surface area contributed by atoms with Gasteiger partial charge in [0, 0.05) is 10.6 Å². The van der Waals surface area contributed by atoms with Gasteiger partial charge >= 0.3 is 11.9 Å². The highest BCUT2D eigenvalue weighted by Crippen LogP contribution is 2.31. The van der Waals surface area contributed by atoms with Crippen molar-refractivity contribution < 1.29 is 28.5 Å². The lowest BCUT2D eigenvalue weighted by atomic mass is 10.1. The maximum absolute atomic E-state index is 12.5. The molecule has 0 spiro atoms. The Morgan fingerprint density at radius 2 is 1.76 bits per heavy atom. The Kier molecular flexibility index (Phi) is 6.42. The number of carbonyl (C=O) groups excluding carboxylic acids is 2. The van der Waals surface area contributed by atoms with Gasteiger partial charge in [0.2, 0.25) is 5.90 Å². The standard InChI is InChI=1S/C25H18ClNO6/c1-30-19-9-7-16(8-10-19)24(28)32-21-11-6-15(13-22(21)31-2)12-20-25(29)33-23(27-20)17-4-3-5-18(26)14-17/h3-14H,1-2H3/b20-12-. The van der Waals surface area contributed by atoms with Crippen LogP contribution in [0.2, 0.25) is 5.02 Å². The van der Waals surface area contributed by atoms with Crippen molar-refractivity contribution in [2.24, 2.45) is 4.99 Å². The van der Waals surface area contributed by atoms with Crippen LogP contribution in [0.3, 0.4) is 0 Å². The van der Waals surface area contributed by atoms with Gasteiger partial charge in [-0.1, -0.05) is 23.7 Å². The lowest BCUT2D eigenvalue weighted by Gasteiger charge is -2.10. The molecule has 0 fully saturated rings. The second-order valence-corrected chi connectivity index (χ2v) is 7.31. The molecule has 8 heteroatoms. The number of hydrogen-bond donors (Lipinski definition) is 0. The first kappa shape index (κ1) is 22.1. The van der Waals surface area contributed by atoms with Crippen LogP contribution in [0.25, 0.3) is 6.08 Å². The number of hydrogen-bond acceptors (Lipinski definition) is 7. The molecule has 0 amide bonds. The molecular formula is C25H18ClNO6. The smallest absolute Gasteiger partial charge is 0.363 e. The molecule has 7 nitrogen and oxygen atoms in total. The Balaban J connectivity index is 1.55. The van der Waals surface area contributed by atoms with E-state index in [4.69, 9.17) is 30.5 Å². The Morgan fingerprint density at radius 1 is 0.970 bits per heavy atom. The van der Waals surface area contributed by atoms with Crippen LogP contribution in [-0.4, -0.2) is 32.1 Å². The van der Waals surface area contributed by atoms with Crippen LogP contribution in [0.5, 0.6) is 17.2 Å². The van der Waals surface area contributed by atoms with E-state index >= 15 is 0 Å². The molecule has 0 saturated heterocycles. The first-order valence-corrected chi connectivity index (χ1v) is 10.2. The minimum Gasteiger partial charge on any atom is -0.497 e. The minimum atomic E-state index is -0.584. The van der Waals surface area contributed by atoms with E-state index in [-0.39, 0.29) is 17.3 Å². The summed E-state index contributed by atoms with van der Waals surface area (Å²) in [5, 5.41) is 0.508. The fourth-order valence-electron chi connectivity index (χ4n) is 3.06. The van der Waals surface area contributed by atoms with E-state index in [0.29, 0.717) is 33.2 Å². The van der Waals surface area contributed by atoms with Gasteiger partial charge in [-0.05, 0) is 66.2 Å². The van der Waals surface area contributed by atoms with Crippen LogP contribution in [0.15, 0.2) is 77.4 Å². The van der Waals surface area contributed by atoms with Crippen LogP contribution >= 0.6 is 11.6 Å². The van der Waals surface area contributed by atoms with Gasteiger partial charge in [-0.3, -0.25) is 0 Å². The zero-order valence-electron chi connectivity index (χ0n) is 17.7. The highest BCUT2D eigenvalue weighted by molar-refractivity contribution is 6.31. The number of aliphatic imine (C=N–C) groups is 1. The molecule has 1 heterocycles. The van der Waals surface area contributed by atoms with E-state index in [9.17, 15) is 9.59 Å². The first-order valence-electron chi connectivity index (χ1n) is 9.79. The number of cyclic esters (lactones) is 1. The summed E-state index contributed by atoms with van der Waals surface area (Å²) in [4.78, 5) is 29.0. The fourth-order valence-corrected chi connectivity index (χ4v) is 3.25. The summed E-state index contributed by atoms with van der Waals surface area (Å²) in [6.07, 6.45) is 1.55. The van der Waals surface area contributed by atoms with E-state index in [2.05, 4.69) is 4.99 Å². The van der Waals surface area contributed by atoms with Crippen molar-refractivity contribution in [3.05, 3.63) is 94.1 Å². The van der Waals surface area contributed by atoms with E-state index in [0.717, 1.165) is 0 Å².